The maximum atomic E-state index is 2.12. The molecule has 0 saturated carbocycles. The smallest absolute Gasteiger partial charge is 1.00 e. The number of rotatable bonds is 1. The van der Waals surface area contributed by atoms with Crippen molar-refractivity contribution in [3.63, 3.8) is 0 Å². The van der Waals surface area contributed by atoms with Crippen LogP contribution >= 0.6 is 0 Å². The number of hydrogen-bond donors (Lipinski definition) is 0. The Kier molecular flexibility index (Phi) is 16.1. The molecule has 28 valence electrons. The molecule has 0 nitrogen and oxygen atoms in total. The standard InChI is InChI=1S/C4H9.Li.H/c1-3-4-2;;/h3H,4H2,1-2H3;;/q-1;+1;-1. The molecule has 0 bridgehead atoms. The number of hydrogen-bond acceptors (Lipinski definition) is 0. The Bertz CT molecular complexity index is 9.51. The maximum absolute atomic E-state index is 2.12. The predicted octanol–water partition coefficient (Wildman–Crippen LogP) is -1.26. The summed E-state index contributed by atoms with van der Waals surface area (Å²) in [6.45, 7) is 4.18. The summed E-state index contributed by atoms with van der Waals surface area (Å²) >= 11 is 0. The van der Waals surface area contributed by atoms with Crippen LogP contribution in [0.25, 0.3) is 0 Å². The summed E-state index contributed by atoms with van der Waals surface area (Å²) in [4.78, 5) is 0. The van der Waals surface area contributed by atoms with Gasteiger partial charge in [-0.15, -0.1) is 0 Å². The van der Waals surface area contributed by atoms with E-state index in [-0.39, 0.29) is 20.3 Å². The van der Waals surface area contributed by atoms with E-state index in [0.717, 1.165) is 0 Å². The first kappa shape index (κ1) is 9.14. The average Bonchev–Trinajstić information content (AvgIpc) is 1.37. The summed E-state index contributed by atoms with van der Waals surface area (Å²) < 4.78 is 0. The molecule has 0 spiro atoms. The van der Waals surface area contributed by atoms with Crippen molar-refractivity contribution < 1.29 is 20.3 Å². The van der Waals surface area contributed by atoms with Crippen LogP contribution < -0.4 is 18.9 Å². The fraction of sp³-hybridized carbons (Fsp3) is 0.750. The summed E-state index contributed by atoms with van der Waals surface area (Å²) in [5.41, 5.74) is 0. The average molecular weight is 65.1 g/mol. The zero-order valence-corrected chi connectivity index (χ0v) is 4.28. The number of unbranched alkanes of at least 4 members (excludes halogenated alkanes) is 1. The molecular formula is C4H10Li-. The topological polar surface area (TPSA) is 0 Å². The Hall–Kier alpha value is 0.597. The normalized spacial score (nSPS) is 6.00. The predicted molar refractivity (Wildman–Crippen MR) is 21.4 cm³/mol. The second-order valence-electron chi connectivity index (χ2n) is 0.816. The second-order valence-corrected chi connectivity index (χ2v) is 0.816. The van der Waals surface area contributed by atoms with E-state index in [2.05, 4.69) is 20.3 Å². The van der Waals surface area contributed by atoms with Crippen molar-refractivity contribution in [2.24, 2.45) is 0 Å². The van der Waals surface area contributed by atoms with Crippen LogP contribution in [-0.2, 0) is 0 Å². The Morgan fingerprint density at radius 1 is 1.80 bits per heavy atom. The van der Waals surface area contributed by atoms with Crippen LogP contribution in [0.15, 0.2) is 0 Å². The fourth-order valence-electron chi connectivity index (χ4n) is 0. The molecule has 0 unspecified atom stereocenters. The van der Waals surface area contributed by atoms with E-state index in [1.54, 1.807) is 0 Å². The van der Waals surface area contributed by atoms with Crippen LogP contribution in [0.5, 0.6) is 0 Å². The van der Waals surface area contributed by atoms with Crippen molar-refractivity contribution in [1.82, 2.24) is 0 Å². The van der Waals surface area contributed by atoms with Gasteiger partial charge in [0, 0.05) is 0 Å². The summed E-state index contributed by atoms with van der Waals surface area (Å²) in [6, 6.07) is 0. The molecule has 0 N–H and O–H groups in total. The van der Waals surface area contributed by atoms with E-state index < -0.39 is 0 Å². The van der Waals surface area contributed by atoms with Crippen molar-refractivity contribution in [2.75, 3.05) is 0 Å². The third-order valence-corrected chi connectivity index (χ3v) is 0.408. The van der Waals surface area contributed by atoms with Gasteiger partial charge in [0.25, 0.3) is 0 Å². The first-order chi connectivity index (χ1) is 1.91. The van der Waals surface area contributed by atoms with E-state index >= 15 is 0 Å². The van der Waals surface area contributed by atoms with E-state index in [1.165, 1.54) is 6.42 Å². The molecular weight excluding hydrogens is 55.0 g/mol. The van der Waals surface area contributed by atoms with Crippen molar-refractivity contribution in [3.8, 4) is 0 Å². The Balaban J connectivity index is -0.0000000450. The zero-order valence-electron chi connectivity index (χ0n) is 5.28. The van der Waals surface area contributed by atoms with Crippen LogP contribution in [0.3, 0.4) is 0 Å². The summed E-state index contributed by atoms with van der Waals surface area (Å²) in [6.07, 6.45) is 3.32. The largest absolute Gasteiger partial charge is 1.00 e. The van der Waals surface area contributed by atoms with Gasteiger partial charge < -0.3 is 7.85 Å². The van der Waals surface area contributed by atoms with Gasteiger partial charge in [-0.3, -0.25) is 0 Å². The molecule has 0 aliphatic rings. The van der Waals surface area contributed by atoms with Gasteiger partial charge in [0.2, 0.25) is 0 Å². The monoisotopic (exact) mass is 65.1 g/mol. The van der Waals surface area contributed by atoms with Crippen LogP contribution in [0, 0.1) is 6.42 Å². The van der Waals surface area contributed by atoms with Crippen LogP contribution in [0.1, 0.15) is 21.7 Å². The molecule has 0 radical (unpaired) electrons. The van der Waals surface area contributed by atoms with Gasteiger partial charge in [0.1, 0.15) is 0 Å². The fourth-order valence-corrected chi connectivity index (χ4v) is 0. The minimum Gasteiger partial charge on any atom is -1.00 e. The quantitative estimate of drug-likeness (QED) is 0.264. The molecule has 0 aliphatic carbocycles. The minimum absolute atomic E-state index is 0. The van der Waals surface area contributed by atoms with E-state index in [9.17, 15) is 0 Å². The van der Waals surface area contributed by atoms with Gasteiger partial charge in [-0.25, -0.2) is 0 Å². The molecule has 0 aromatic rings. The minimum atomic E-state index is 0. The third-order valence-electron chi connectivity index (χ3n) is 0.408. The van der Waals surface area contributed by atoms with Gasteiger partial charge in [0.15, 0.2) is 0 Å². The van der Waals surface area contributed by atoms with Gasteiger partial charge >= 0.3 is 18.9 Å². The summed E-state index contributed by atoms with van der Waals surface area (Å²) in [5, 5.41) is 0. The Morgan fingerprint density at radius 2 is 2.00 bits per heavy atom. The molecule has 0 aliphatic heterocycles. The van der Waals surface area contributed by atoms with E-state index in [1.807, 2.05) is 0 Å². The van der Waals surface area contributed by atoms with Gasteiger partial charge in [-0.05, 0) is 0 Å². The van der Waals surface area contributed by atoms with Crippen molar-refractivity contribution >= 4 is 0 Å². The van der Waals surface area contributed by atoms with Crippen molar-refractivity contribution in [3.05, 3.63) is 6.42 Å². The molecule has 0 amide bonds. The SMILES string of the molecule is C[CH-]CC.[H-].[Li+]. The molecule has 0 atom stereocenters. The van der Waals surface area contributed by atoms with Gasteiger partial charge in [0.05, 0.1) is 0 Å². The summed E-state index contributed by atoms with van der Waals surface area (Å²) in [7, 11) is 0. The van der Waals surface area contributed by atoms with Crippen LogP contribution in [-0.4, -0.2) is 0 Å². The molecule has 0 saturated heterocycles. The second kappa shape index (κ2) is 8.82. The third kappa shape index (κ3) is 12.2. The van der Waals surface area contributed by atoms with Crippen molar-refractivity contribution in [1.29, 1.82) is 0 Å². The summed E-state index contributed by atoms with van der Waals surface area (Å²) in [5.74, 6) is 0. The molecule has 0 aromatic carbocycles. The van der Waals surface area contributed by atoms with E-state index in [4.69, 9.17) is 0 Å². The van der Waals surface area contributed by atoms with Gasteiger partial charge in [-0.2, -0.15) is 13.3 Å². The van der Waals surface area contributed by atoms with E-state index in [0.29, 0.717) is 0 Å². The molecule has 5 heavy (non-hydrogen) atoms. The van der Waals surface area contributed by atoms with Crippen molar-refractivity contribution in [2.45, 2.75) is 20.3 Å². The first-order valence-electron chi connectivity index (χ1n) is 1.69. The molecule has 0 fully saturated rings. The zero-order chi connectivity index (χ0) is 3.41. The Labute approximate surface area is 47.6 Å². The first-order valence-corrected chi connectivity index (χ1v) is 1.69. The molecule has 0 heterocycles. The maximum Gasteiger partial charge on any atom is 1.00 e. The van der Waals surface area contributed by atoms with Crippen LogP contribution in [0.2, 0.25) is 0 Å². The molecule has 1 heteroatoms. The molecule has 0 aromatic heterocycles. The van der Waals surface area contributed by atoms with Gasteiger partial charge in [-0.1, -0.05) is 6.92 Å². The Morgan fingerprint density at radius 3 is 2.00 bits per heavy atom. The van der Waals surface area contributed by atoms with Crippen LogP contribution in [0.4, 0.5) is 0 Å². The molecule has 0 rings (SSSR count).